The zero-order valence-corrected chi connectivity index (χ0v) is 21.9. The fraction of sp³-hybridized carbons (Fsp3) is 0.500. The van der Waals surface area contributed by atoms with Gasteiger partial charge in [0.15, 0.2) is 0 Å². The van der Waals surface area contributed by atoms with E-state index in [1.54, 1.807) is 31.3 Å². The van der Waals surface area contributed by atoms with Crippen LogP contribution >= 0.6 is 0 Å². The highest BCUT2D eigenvalue weighted by Crippen LogP contribution is 2.31. The number of hydrogen-bond acceptors (Lipinski definition) is 7. The first kappa shape index (κ1) is 29.3. The van der Waals surface area contributed by atoms with E-state index in [-0.39, 0.29) is 18.2 Å². The van der Waals surface area contributed by atoms with Crippen molar-refractivity contribution in [1.82, 2.24) is 16.4 Å². The summed E-state index contributed by atoms with van der Waals surface area (Å²) in [5, 5.41) is 11.7. The third-order valence-corrected chi connectivity index (χ3v) is 6.02. The summed E-state index contributed by atoms with van der Waals surface area (Å²) in [6.45, 7) is 4.00. The van der Waals surface area contributed by atoms with E-state index in [9.17, 15) is 4.79 Å². The number of nitrogens with one attached hydrogen (secondary N) is 4. The third-order valence-electron chi connectivity index (χ3n) is 6.02. The minimum Gasteiger partial charge on any atom is -0.490 e. The topological polar surface area (TPSA) is 124 Å². The molecule has 0 bridgehead atoms. The van der Waals surface area contributed by atoms with Crippen molar-refractivity contribution in [2.24, 2.45) is 5.73 Å². The number of rotatable bonds is 7. The van der Waals surface area contributed by atoms with Gasteiger partial charge in [0.25, 0.3) is 5.91 Å². The molecular formula is C28H42N6O2. The number of hydrogen-bond donors (Lipinski definition) is 5. The van der Waals surface area contributed by atoms with Crippen LogP contribution in [0.3, 0.4) is 0 Å². The van der Waals surface area contributed by atoms with Gasteiger partial charge in [-0.1, -0.05) is 52.4 Å². The Bertz CT molecular complexity index is 942. The average molecular weight is 495 g/mol. The summed E-state index contributed by atoms with van der Waals surface area (Å²) in [6, 6.07) is 14.2. The van der Waals surface area contributed by atoms with Gasteiger partial charge in [-0.3, -0.25) is 4.79 Å². The van der Waals surface area contributed by atoms with Crippen LogP contribution in [0, 0.1) is 11.3 Å². The van der Waals surface area contributed by atoms with Crippen LogP contribution in [0.4, 0.5) is 5.69 Å². The number of nitrogens with two attached hydrogens (primary N) is 1. The minimum atomic E-state index is -0.231. The van der Waals surface area contributed by atoms with Gasteiger partial charge < -0.3 is 15.8 Å². The SMILES string of the molecule is C1CCCCC1.CC.CNNNC(N)CC1CCc2cc(NC(=O)c3ccc(C#N)cc3)ccc2O1. The number of benzene rings is 2. The second-order valence-electron chi connectivity index (χ2n) is 8.73. The van der Waals surface area contributed by atoms with Gasteiger partial charge in [0, 0.05) is 17.7 Å². The normalized spacial score (nSPS) is 16.9. The molecule has 0 radical (unpaired) electrons. The number of fused-ring (bicyclic) bond motifs is 1. The summed E-state index contributed by atoms with van der Waals surface area (Å²) in [5.74, 6) is 0.606. The van der Waals surface area contributed by atoms with Crippen LogP contribution in [0.2, 0.25) is 0 Å². The maximum absolute atomic E-state index is 12.4. The van der Waals surface area contributed by atoms with Gasteiger partial charge >= 0.3 is 0 Å². The maximum Gasteiger partial charge on any atom is 0.255 e. The fourth-order valence-corrected chi connectivity index (χ4v) is 4.16. The molecule has 2 aliphatic rings. The second kappa shape index (κ2) is 16.7. The molecule has 1 fully saturated rings. The number of anilines is 1. The number of ether oxygens (including phenoxy) is 1. The number of amides is 1. The molecule has 0 spiro atoms. The maximum atomic E-state index is 12.4. The van der Waals surface area contributed by atoms with E-state index < -0.39 is 0 Å². The van der Waals surface area contributed by atoms with Gasteiger partial charge in [-0.2, -0.15) is 10.8 Å². The first-order chi connectivity index (χ1) is 17.6. The van der Waals surface area contributed by atoms with Crippen molar-refractivity contribution < 1.29 is 9.53 Å². The Balaban J connectivity index is 0.000000491. The molecule has 196 valence electrons. The Kier molecular flexibility index (Phi) is 13.5. The smallest absolute Gasteiger partial charge is 0.255 e. The molecule has 2 atom stereocenters. The third kappa shape index (κ3) is 9.96. The summed E-state index contributed by atoms with van der Waals surface area (Å²) in [6.07, 6.45) is 11.2. The van der Waals surface area contributed by atoms with E-state index in [1.807, 2.05) is 38.1 Å². The highest BCUT2D eigenvalue weighted by atomic mass is 16.5. The number of aryl methyl sites for hydroxylation is 1. The molecule has 2 aromatic rings. The van der Waals surface area contributed by atoms with Crippen molar-refractivity contribution in [3.05, 3.63) is 59.2 Å². The van der Waals surface area contributed by atoms with E-state index in [4.69, 9.17) is 15.7 Å². The molecular weight excluding hydrogens is 452 g/mol. The monoisotopic (exact) mass is 494 g/mol. The van der Waals surface area contributed by atoms with E-state index >= 15 is 0 Å². The molecule has 6 N–H and O–H groups in total. The Morgan fingerprint density at radius 3 is 2.31 bits per heavy atom. The molecule has 0 saturated heterocycles. The lowest BCUT2D eigenvalue weighted by Crippen LogP contribution is -2.52. The first-order valence-corrected chi connectivity index (χ1v) is 13.1. The molecule has 1 aliphatic heterocycles. The minimum absolute atomic E-state index is 0.0350. The van der Waals surface area contributed by atoms with Gasteiger partial charge in [0.2, 0.25) is 0 Å². The second-order valence-corrected chi connectivity index (χ2v) is 8.73. The number of nitriles is 1. The van der Waals surface area contributed by atoms with Gasteiger partial charge in [-0.25, -0.2) is 10.9 Å². The molecule has 8 heteroatoms. The van der Waals surface area contributed by atoms with Crippen LogP contribution in [0.5, 0.6) is 5.75 Å². The van der Waals surface area contributed by atoms with Crippen molar-refractivity contribution in [2.45, 2.75) is 83.9 Å². The predicted molar refractivity (Wildman–Crippen MR) is 145 cm³/mol. The van der Waals surface area contributed by atoms with E-state index in [2.05, 4.69) is 21.7 Å². The van der Waals surface area contributed by atoms with Gasteiger partial charge in [-0.15, -0.1) is 0 Å². The molecule has 4 rings (SSSR count). The van der Waals surface area contributed by atoms with Crippen LogP contribution in [0.25, 0.3) is 0 Å². The summed E-state index contributed by atoms with van der Waals surface area (Å²) in [4.78, 5) is 12.4. The molecule has 8 nitrogen and oxygen atoms in total. The lowest BCUT2D eigenvalue weighted by molar-refractivity contribution is 0.102. The Labute approximate surface area is 215 Å². The lowest BCUT2D eigenvalue weighted by Gasteiger charge is -2.28. The number of hydrazine groups is 2. The molecule has 2 aromatic carbocycles. The molecule has 1 heterocycles. The predicted octanol–water partition coefficient (Wildman–Crippen LogP) is 4.77. The summed E-state index contributed by atoms with van der Waals surface area (Å²) >= 11 is 0. The number of carbonyl (C=O) groups is 1. The molecule has 2 unspecified atom stereocenters. The van der Waals surface area contributed by atoms with Crippen molar-refractivity contribution >= 4 is 11.6 Å². The van der Waals surface area contributed by atoms with Crippen molar-refractivity contribution in [2.75, 3.05) is 12.4 Å². The van der Waals surface area contributed by atoms with Crippen LogP contribution in [-0.2, 0) is 6.42 Å². The highest BCUT2D eigenvalue weighted by Gasteiger charge is 2.22. The molecule has 1 amide bonds. The van der Waals surface area contributed by atoms with Crippen LogP contribution < -0.4 is 32.2 Å². The van der Waals surface area contributed by atoms with E-state index in [1.165, 1.54) is 38.5 Å². The Morgan fingerprint density at radius 2 is 1.72 bits per heavy atom. The van der Waals surface area contributed by atoms with E-state index in [0.717, 1.165) is 24.2 Å². The van der Waals surface area contributed by atoms with Crippen LogP contribution in [-0.4, -0.2) is 25.2 Å². The summed E-state index contributed by atoms with van der Waals surface area (Å²) < 4.78 is 6.04. The lowest BCUT2D eigenvalue weighted by atomic mass is 9.99. The van der Waals surface area contributed by atoms with Gasteiger partial charge in [-0.05, 0) is 67.9 Å². The van der Waals surface area contributed by atoms with E-state index in [0.29, 0.717) is 23.2 Å². The van der Waals surface area contributed by atoms with Crippen LogP contribution in [0.15, 0.2) is 42.5 Å². The largest absolute Gasteiger partial charge is 0.490 e. The molecule has 1 saturated carbocycles. The Morgan fingerprint density at radius 1 is 1.08 bits per heavy atom. The van der Waals surface area contributed by atoms with Crippen molar-refractivity contribution in [1.29, 1.82) is 5.26 Å². The zero-order valence-electron chi connectivity index (χ0n) is 21.9. The van der Waals surface area contributed by atoms with Gasteiger partial charge in [0.05, 0.1) is 17.8 Å². The molecule has 0 aromatic heterocycles. The van der Waals surface area contributed by atoms with Crippen molar-refractivity contribution in [3.63, 3.8) is 0 Å². The first-order valence-electron chi connectivity index (χ1n) is 13.1. The summed E-state index contributed by atoms with van der Waals surface area (Å²) in [5.41, 5.74) is 17.3. The highest BCUT2D eigenvalue weighted by molar-refractivity contribution is 6.04. The standard InChI is InChI=1S/C20H24N6O2.C6H12.C2H6/c1-23-26-25-19(22)11-17-8-6-15-10-16(7-9-18(15)28-17)24-20(27)14-4-2-13(12-21)3-5-14;1-2-4-6-5-3-1;1-2/h2-5,7,9-10,17,19,23,25-26H,6,8,11,22H2,1H3,(H,24,27);1-6H2;1-2H3. The van der Waals surface area contributed by atoms with Crippen LogP contribution in [0.1, 0.15) is 86.7 Å². The molecule has 1 aliphatic carbocycles. The zero-order chi connectivity index (χ0) is 26.2. The summed E-state index contributed by atoms with van der Waals surface area (Å²) in [7, 11) is 1.75. The quantitative estimate of drug-likeness (QED) is 0.277. The molecule has 36 heavy (non-hydrogen) atoms. The average Bonchev–Trinajstić information content (AvgIpc) is 2.94. The number of nitrogens with zero attached hydrogens (tertiary/aromatic N) is 1. The number of carbonyl (C=O) groups excluding carboxylic acids is 1. The fourth-order valence-electron chi connectivity index (χ4n) is 4.16. The van der Waals surface area contributed by atoms with Gasteiger partial charge in [0.1, 0.15) is 11.9 Å². The van der Waals surface area contributed by atoms with Crippen molar-refractivity contribution in [3.8, 4) is 11.8 Å². The Hall–Kier alpha value is -2.96.